The van der Waals surface area contributed by atoms with E-state index in [-0.39, 0.29) is 11.8 Å². The highest BCUT2D eigenvalue weighted by Gasteiger charge is 2.32. The third kappa shape index (κ3) is 3.55. The van der Waals surface area contributed by atoms with Crippen LogP contribution < -0.4 is 10.1 Å². The Labute approximate surface area is 162 Å². The van der Waals surface area contributed by atoms with Crippen LogP contribution in [0.1, 0.15) is 6.92 Å². The number of aromatic nitrogens is 5. The molecule has 4 rings (SSSR count). The van der Waals surface area contributed by atoms with Gasteiger partial charge in [-0.15, -0.1) is 0 Å². The number of ether oxygens (including phenoxy) is 1. The fourth-order valence-corrected chi connectivity index (χ4v) is 3.44. The zero-order valence-corrected chi connectivity index (χ0v) is 15.9. The summed E-state index contributed by atoms with van der Waals surface area (Å²) in [7, 11) is 1.85. The third-order valence-corrected chi connectivity index (χ3v) is 5.03. The first kappa shape index (κ1) is 18.0. The minimum atomic E-state index is -0.0348. The van der Waals surface area contributed by atoms with Crippen molar-refractivity contribution in [1.29, 1.82) is 0 Å². The molecule has 1 aliphatic heterocycles. The SMILES string of the molecule is C=CC(=O)N1CC(COc2nc(Nc3cnn(C)c3)nc3[nH]ccc23)[C@H](C)C1. The monoisotopic (exact) mass is 381 g/mol. The Morgan fingerprint density at radius 2 is 2.32 bits per heavy atom. The maximum Gasteiger partial charge on any atom is 0.245 e. The Hall–Kier alpha value is -3.36. The second-order valence-electron chi connectivity index (χ2n) is 7.12. The van der Waals surface area contributed by atoms with Crippen molar-refractivity contribution in [1.82, 2.24) is 29.6 Å². The lowest BCUT2D eigenvalue weighted by molar-refractivity contribution is -0.125. The van der Waals surface area contributed by atoms with Crippen LogP contribution in [-0.2, 0) is 11.8 Å². The normalized spacial score (nSPS) is 19.1. The van der Waals surface area contributed by atoms with Gasteiger partial charge in [-0.2, -0.15) is 15.1 Å². The maximum absolute atomic E-state index is 11.9. The molecule has 0 saturated carbocycles. The van der Waals surface area contributed by atoms with Crippen LogP contribution >= 0.6 is 0 Å². The second kappa shape index (κ2) is 7.34. The number of fused-ring (bicyclic) bond motifs is 1. The highest BCUT2D eigenvalue weighted by molar-refractivity contribution is 5.87. The topological polar surface area (TPSA) is 101 Å². The smallest absolute Gasteiger partial charge is 0.245 e. The van der Waals surface area contributed by atoms with E-state index < -0.39 is 0 Å². The van der Waals surface area contributed by atoms with E-state index in [0.717, 1.165) is 17.6 Å². The lowest BCUT2D eigenvalue weighted by atomic mass is 9.99. The molecule has 9 heteroatoms. The summed E-state index contributed by atoms with van der Waals surface area (Å²) in [6, 6.07) is 1.89. The van der Waals surface area contributed by atoms with E-state index >= 15 is 0 Å². The lowest BCUT2D eigenvalue weighted by Crippen LogP contribution is -2.27. The van der Waals surface area contributed by atoms with Gasteiger partial charge in [0, 0.05) is 38.4 Å². The predicted octanol–water partition coefficient (Wildman–Crippen LogP) is 2.09. The van der Waals surface area contributed by atoms with E-state index in [9.17, 15) is 4.79 Å². The zero-order valence-electron chi connectivity index (χ0n) is 15.9. The molecule has 1 unspecified atom stereocenters. The van der Waals surface area contributed by atoms with Gasteiger partial charge in [0.25, 0.3) is 0 Å². The van der Waals surface area contributed by atoms with Crippen LogP contribution in [0.15, 0.2) is 37.3 Å². The van der Waals surface area contributed by atoms with Crippen molar-refractivity contribution >= 4 is 28.6 Å². The van der Waals surface area contributed by atoms with Crippen molar-refractivity contribution in [3.05, 3.63) is 37.3 Å². The van der Waals surface area contributed by atoms with E-state index in [1.165, 1.54) is 6.08 Å². The number of carbonyl (C=O) groups is 1. The Kier molecular flexibility index (Phi) is 4.72. The molecule has 1 fully saturated rings. The van der Waals surface area contributed by atoms with Crippen LogP contribution in [0, 0.1) is 11.8 Å². The fraction of sp³-hybridized carbons (Fsp3) is 0.368. The molecular formula is C19H23N7O2. The number of hydrogen-bond acceptors (Lipinski definition) is 6. The number of amides is 1. The summed E-state index contributed by atoms with van der Waals surface area (Å²) in [6.45, 7) is 7.55. The van der Waals surface area contributed by atoms with Gasteiger partial charge in [-0.25, -0.2) is 0 Å². The summed E-state index contributed by atoms with van der Waals surface area (Å²) in [5.41, 5.74) is 1.49. The molecule has 146 valence electrons. The molecule has 0 aromatic carbocycles. The largest absolute Gasteiger partial charge is 0.477 e. The number of likely N-dealkylation sites (tertiary alicyclic amines) is 1. The van der Waals surface area contributed by atoms with Crippen molar-refractivity contribution in [2.24, 2.45) is 18.9 Å². The predicted molar refractivity (Wildman–Crippen MR) is 105 cm³/mol. The number of nitrogens with zero attached hydrogens (tertiary/aromatic N) is 5. The third-order valence-electron chi connectivity index (χ3n) is 5.03. The Morgan fingerprint density at radius 1 is 1.46 bits per heavy atom. The van der Waals surface area contributed by atoms with Crippen molar-refractivity contribution in [2.45, 2.75) is 6.92 Å². The average molecular weight is 381 g/mol. The average Bonchev–Trinajstić information content (AvgIpc) is 3.39. The van der Waals surface area contributed by atoms with Crippen LogP contribution in [0.5, 0.6) is 5.88 Å². The van der Waals surface area contributed by atoms with Crippen LogP contribution in [-0.4, -0.2) is 55.2 Å². The minimum Gasteiger partial charge on any atom is -0.477 e. The van der Waals surface area contributed by atoms with Gasteiger partial charge in [0.1, 0.15) is 5.65 Å². The van der Waals surface area contributed by atoms with E-state index in [0.29, 0.717) is 36.5 Å². The van der Waals surface area contributed by atoms with Gasteiger partial charge < -0.3 is 19.9 Å². The molecule has 3 aromatic heterocycles. The van der Waals surface area contributed by atoms with Gasteiger partial charge >= 0.3 is 0 Å². The van der Waals surface area contributed by atoms with Gasteiger partial charge in [-0.1, -0.05) is 13.5 Å². The summed E-state index contributed by atoms with van der Waals surface area (Å²) >= 11 is 0. The second-order valence-corrected chi connectivity index (χ2v) is 7.12. The number of H-pyrrole nitrogens is 1. The van der Waals surface area contributed by atoms with E-state index in [4.69, 9.17) is 4.74 Å². The molecule has 1 saturated heterocycles. The molecular weight excluding hydrogens is 358 g/mol. The minimum absolute atomic E-state index is 0.0348. The number of aromatic amines is 1. The Balaban J connectivity index is 1.51. The van der Waals surface area contributed by atoms with Crippen molar-refractivity contribution in [2.75, 3.05) is 25.0 Å². The standard InChI is InChI=1S/C19H23N7O2/c1-4-16(27)26-8-12(2)13(9-26)11-28-18-15-5-6-20-17(15)23-19(24-18)22-14-7-21-25(3)10-14/h4-7,10,12-13H,1,8-9,11H2,2-3H3,(H2,20,22,23,24)/t12-,13?/m1/s1. The molecule has 0 spiro atoms. The number of rotatable bonds is 6. The van der Waals surface area contributed by atoms with E-state index in [2.05, 4.69) is 38.9 Å². The molecule has 9 nitrogen and oxygen atoms in total. The van der Waals surface area contributed by atoms with Gasteiger partial charge in [0.2, 0.25) is 17.7 Å². The molecule has 2 N–H and O–H groups in total. The summed E-state index contributed by atoms with van der Waals surface area (Å²) in [6.07, 6.45) is 6.71. The summed E-state index contributed by atoms with van der Waals surface area (Å²) < 4.78 is 7.78. The van der Waals surface area contributed by atoms with Crippen LogP contribution in [0.3, 0.4) is 0 Å². The summed E-state index contributed by atoms with van der Waals surface area (Å²) in [4.78, 5) is 25.8. The highest BCUT2D eigenvalue weighted by atomic mass is 16.5. The maximum atomic E-state index is 11.9. The molecule has 0 aliphatic carbocycles. The molecule has 1 aliphatic rings. The number of carbonyl (C=O) groups excluding carboxylic acids is 1. The summed E-state index contributed by atoms with van der Waals surface area (Å²) in [5.74, 6) is 1.50. The van der Waals surface area contributed by atoms with Crippen molar-refractivity contribution in [3.63, 3.8) is 0 Å². The number of anilines is 2. The number of aryl methyl sites for hydroxylation is 1. The van der Waals surface area contributed by atoms with Crippen LogP contribution in [0.4, 0.5) is 11.6 Å². The molecule has 0 bridgehead atoms. The number of nitrogens with one attached hydrogen (secondary N) is 2. The van der Waals surface area contributed by atoms with Crippen LogP contribution in [0.2, 0.25) is 0 Å². The van der Waals surface area contributed by atoms with Crippen molar-refractivity contribution in [3.8, 4) is 5.88 Å². The molecule has 0 radical (unpaired) electrons. The van der Waals surface area contributed by atoms with Gasteiger partial charge in [0.15, 0.2) is 0 Å². The molecule has 3 aromatic rings. The first-order valence-electron chi connectivity index (χ1n) is 9.18. The number of hydrogen-bond donors (Lipinski definition) is 2. The van der Waals surface area contributed by atoms with Gasteiger partial charge in [0.05, 0.1) is 23.9 Å². The Bertz CT molecular complexity index is 1010. The van der Waals surface area contributed by atoms with E-state index in [1.54, 1.807) is 10.9 Å². The molecule has 4 heterocycles. The molecule has 2 atom stereocenters. The van der Waals surface area contributed by atoms with E-state index in [1.807, 2.05) is 30.4 Å². The Morgan fingerprint density at radius 3 is 3.07 bits per heavy atom. The first-order valence-corrected chi connectivity index (χ1v) is 9.18. The highest BCUT2D eigenvalue weighted by Crippen LogP contribution is 2.28. The zero-order chi connectivity index (χ0) is 19.7. The quantitative estimate of drug-likeness (QED) is 0.634. The molecule has 1 amide bonds. The summed E-state index contributed by atoms with van der Waals surface area (Å²) in [5, 5.41) is 8.10. The fourth-order valence-electron chi connectivity index (χ4n) is 3.44. The first-order chi connectivity index (χ1) is 13.5. The van der Waals surface area contributed by atoms with Gasteiger partial charge in [-0.05, 0) is 18.1 Å². The van der Waals surface area contributed by atoms with Gasteiger partial charge in [-0.3, -0.25) is 9.48 Å². The lowest BCUT2D eigenvalue weighted by Gasteiger charge is -2.16. The molecule has 28 heavy (non-hydrogen) atoms. The van der Waals surface area contributed by atoms with Crippen molar-refractivity contribution < 1.29 is 9.53 Å². The van der Waals surface area contributed by atoms with Crippen LogP contribution in [0.25, 0.3) is 11.0 Å².